The summed E-state index contributed by atoms with van der Waals surface area (Å²) in [4.78, 5) is 49.5. The van der Waals surface area contributed by atoms with Crippen molar-refractivity contribution in [2.75, 3.05) is 0 Å². The maximum Gasteiger partial charge on any atom is 0.328 e. The Morgan fingerprint density at radius 2 is 1.00 bits per heavy atom. The molecular formula is C22H36N4O4. The fourth-order valence-electron chi connectivity index (χ4n) is 2.99. The minimum atomic E-state index is -0.304. The second kappa shape index (κ2) is 13.6. The van der Waals surface area contributed by atoms with Gasteiger partial charge in [-0.3, -0.25) is 19.6 Å². The van der Waals surface area contributed by atoms with Crippen LogP contribution in [0.15, 0.2) is 31.6 Å². The van der Waals surface area contributed by atoms with E-state index in [1.807, 2.05) is 0 Å². The van der Waals surface area contributed by atoms with E-state index in [1.165, 1.54) is 25.7 Å². The summed E-state index contributed by atoms with van der Waals surface area (Å²) >= 11 is 0. The lowest BCUT2D eigenvalue weighted by molar-refractivity contribution is 0.558. The van der Waals surface area contributed by atoms with Gasteiger partial charge in [0.15, 0.2) is 0 Å². The van der Waals surface area contributed by atoms with E-state index in [4.69, 9.17) is 0 Å². The van der Waals surface area contributed by atoms with Crippen molar-refractivity contribution >= 4 is 0 Å². The highest BCUT2D eigenvalue weighted by Crippen LogP contribution is 2.01. The fraction of sp³-hybridized carbons (Fsp3) is 0.636. The molecule has 0 saturated carbocycles. The summed E-state index contributed by atoms with van der Waals surface area (Å²) < 4.78 is 3.15. The summed E-state index contributed by atoms with van der Waals surface area (Å²) in [6.45, 7) is 9.10. The molecule has 2 aromatic rings. The van der Waals surface area contributed by atoms with Crippen LogP contribution < -0.4 is 22.5 Å². The van der Waals surface area contributed by atoms with Gasteiger partial charge >= 0.3 is 11.4 Å². The van der Waals surface area contributed by atoms with Crippen LogP contribution in [-0.4, -0.2) is 19.1 Å². The lowest BCUT2D eigenvalue weighted by Crippen LogP contribution is -2.30. The summed E-state index contributed by atoms with van der Waals surface area (Å²) in [7, 11) is 0. The van der Waals surface area contributed by atoms with Crippen LogP contribution in [0.3, 0.4) is 0 Å². The zero-order chi connectivity index (χ0) is 22.5. The largest absolute Gasteiger partial charge is 0.328 e. The number of unbranched alkanes of at least 4 members (excludes halogenated alkanes) is 6. The Bertz CT molecular complexity index is 916. The SMILES string of the molecule is CCCCCCn1cc(C)c(=O)[nH]c1=O.CCCCCCn1cc(C)c(=O)[nH]c1=O. The Kier molecular flexibility index (Phi) is 11.5. The first kappa shape index (κ1) is 25.4. The van der Waals surface area contributed by atoms with Crippen LogP contribution in [0.4, 0.5) is 0 Å². The first-order chi connectivity index (χ1) is 14.3. The highest BCUT2D eigenvalue weighted by atomic mass is 16.2. The third-order valence-electron chi connectivity index (χ3n) is 4.88. The summed E-state index contributed by atoms with van der Waals surface area (Å²) in [5.41, 5.74) is -0.00556. The Balaban J connectivity index is 0.000000300. The lowest BCUT2D eigenvalue weighted by Gasteiger charge is -2.04. The van der Waals surface area contributed by atoms with Gasteiger partial charge in [0.25, 0.3) is 11.1 Å². The topological polar surface area (TPSA) is 110 Å². The van der Waals surface area contributed by atoms with E-state index in [2.05, 4.69) is 23.8 Å². The van der Waals surface area contributed by atoms with Gasteiger partial charge in [0.05, 0.1) is 0 Å². The molecule has 0 atom stereocenters. The second-order valence-electron chi connectivity index (χ2n) is 7.65. The monoisotopic (exact) mass is 420 g/mol. The molecule has 0 aliphatic carbocycles. The third-order valence-corrected chi connectivity index (χ3v) is 4.88. The molecule has 0 amide bonds. The highest BCUT2D eigenvalue weighted by Gasteiger charge is 2.00. The van der Waals surface area contributed by atoms with E-state index in [1.54, 1.807) is 35.4 Å². The van der Waals surface area contributed by atoms with Crippen molar-refractivity contribution in [2.45, 2.75) is 92.2 Å². The van der Waals surface area contributed by atoms with Gasteiger partial charge in [-0.25, -0.2) is 9.59 Å². The molecule has 8 nitrogen and oxygen atoms in total. The van der Waals surface area contributed by atoms with Crippen molar-refractivity contribution in [3.63, 3.8) is 0 Å². The molecule has 0 unspecified atom stereocenters. The molecule has 8 heteroatoms. The predicted octanol–water partition coefficient (Wildman–Crippen LogP) is 2.85. The van der Waals surface area contributed by atoms with Gasteiger partial charge in [0, 0.05) is 36.6 Å². The molecule has 0 saturated heterocycles. The number of H-pyrrole nitrogens is 2. The molecule has 0 aliphatic heterocycles. The predicted molar refractivity (Wildman–Crippen MR) is 120 cm³/mol. The van der Waals surface area contributed by atoms with Crippen LogP contribution in [0.1, 0.15) is 76.3 Å². The summed E-state index contributed by atoms with van der Waals surface area (Å²) in [5.74, 6) is 0. The molecule has 2 N–H and O–H groups in total. The van der Waals surface area contributed by atoms with E-state index in [-0.39, 0.29) is 22.5 Å². The van der Waals surface area contributed by atoms with Crippen molar-refractivity contribution < 1.29 is 0 Å². The summed E-state index contributed by atoms with van der Waals surface area (Å²) in [6, 6.07) is 0. The number of aromatic amines is 2. The minimum absolute atomic E-state index is 0.287. The van der Waals surface area contributed by atoms with Crippen molar-refractivity contribution in [1.29, 1.82) is 0 Å². The molecule has 0 fully saturated rings. The smallest absolute Gasteiger partial charge is 0.300 e. The number of hydrogen-bond donors (Lipinski definition) is 2. The normalized spacial score (nSPS) is 10.5. The minimum Gasteiger partial charge on any atom is -0.300 e. The molecule has 2 heterocycles. The van der Waals surface area contributed by atoms with E-state index in [0.717, 1.165) is 25.7 Å². The maximum atomic E-state index is 11.4. The van der Waals surface area contributed by atoms with Gasteiger partial charge < -0.3 is 9.13 Å². The summed E-state index contributed by atoms with van der Waals surface area (Å²) in [5, 5.41) is 0. The van der Waals surface area contributed by atoms with E-state index < -0.39 is 0 Å². The quantitative estimate of drug-likeness (QED) is 0.576. The van der Waals surface area contributed by atoms with Gasteiger partial charge in [0.1, 0.15) is 0 Å². The average Bonchev–Trinajstić information content (AvgIpc) is 2.70. The molecular weight excluding hydrogens is 384 g/mol. The fourth-order valence-corrected chi connectivity index (χ4v) is 2.99. The Labute approximate surface area is 177 Å². The number of aromatic nitrogens is 4. The zero-order valence-corrected chi connectivity index (χ0v) is 18.8. The molecule has 0 aliphatic rings. The van der Waals surface area contributed by atoms with E-state index in [0.29, 0.717) is 24.2 Å². The van der Waals surface area contributed by atoms with Gasteiger partial charge in [-0.15, -0.1) is 0 Å². The molecule has 0 spiro atoms. The number of rotatable bonds is 10. The average molecular weight is 421 g/mol. The van der Waals surface area contributed by atoms with Crippen molar-refractivity contribution in [2.24, 2.45) is 0 Å². The maximum absolute atomic E-state index is 11.4. The van der Waals surface area contributed by atoms with E-state index in [9.17, 15) is 19.2 Å². The van der Waals surface area contributed by atoms with Gasteiger partial charge in [-0.1, -0.05) is 52.4 Å². The Hall–Kier alpha value is -2.64. The molecule has 168 valence electrons. The molecule has 2 rings (SSSR count). The Morgan fingerprint density at radius 3 is 1.33 bits per heavy atom. The van der Waals surface area contributed by atoms with Crippen molar-refractivity contribution in [3.05, 3.63) is 65.2 Å². The number of nitrogens with one attached hydrogen (secondary N) is 2. The van der Waals surface area contributed by atoms with E-state index >= 15 is 0 Å². The van der Waals surface area contributed by atoms with Crippen LogP contribution in [0.5, 0.6) is 0 Å². The first-order valence-corrected chi connectivity index (χ1v) is 10.9. The van der Waals surface area contributed by atoms with Crippen molar-refractivity contribution in [3.8, 4) is 0 Å². The second-order valence-corrected chi connectivity index (χ2v) is 7.65. The van der Waals surface area contributed by atoms with Crippen LogP contribution >= 0.6 is 0 Å². The van der Waals surface area contributed by atoms with Crippen LogP contribution in [0, 0.1) is 13.8 Å². The van der Waals surface area contributed by atoms with Crippen LogP contribution in [0.2, 0.25) is 0 Å². The third kappa shape index (κ3) is 8.80. The van der Waals surface area contributed by atoms with Crippen molar-refractivity contribution in [1.82, 2.24) is 19.1 Å². The number of hydrogen-bond acceptors (Lipinski definition) is 4. The highest BCUT2D eigenvalue weighted by molar-refractivity contribution is 5.01. The van der Waals surface area contributed by atoms with Crippen LogP contribution in [-0.2, 0) is 13.1 Å². The standard InChI is InChI=1S/2C11H18N2O2/c2*1-3-4-5-6-7-13-8-9(2)10(14)12-11(13)15/h2*8H,3-7H2,1-2H3,(H,12,14,15). The zero-order valence-electron chi connectivity index (χ0n) is 18.8. The van der Waals surface area contributed by atoms with Gasteiger partial charge in [-0.05, 0) is 26.7 Å². The molecule has 30 heavy (non-hydrogen) atoms. The molecule has 2 aromatic heterocycles. The molecule has 0 bridgehead atoms. The van der Waals surface area contributed by atoms with Gasteiger partial charge in [-0.2, -0.15) is 0 Å². The summed E-state index contributed by atoms with van der Waals surface area (Å²) in [6.07, 6.45) is 12.2. The Morgan fingerprint density at radius 1 is 0.633 bits per heavy atom. The van der Waals surface area contributed by atoms with Crippen LogP contribution in [0.25, 0.3) is 0 Å². The molecule has 0 aromatic carbocycles. The number of aryl methyl sites for hydroxylation is 4. The molecule has 0 radical (unpaired) electrons. The van der Waals surface area contributed by atoms with Gasteiger partial charge in [0.2, 0.25) is 0 Å². The number of nitrogens with zero attached hydrogens (tertiary/aromatic N) is 2. The lowest BCUT2D eigenvalue weighted by atomic mass is 10.2. The first-order valence-electron chi connectivity index (χ1n) is 10.9.